The van der Waals surface area contributed by atoms with E-state index in [1.165, 1.54) is 0 Å². The van der Waals surface area contributed by atoms with Gasteiger partial charge in [0.1, 0.15) is 0 Å². The van der Waals surface area contributed by atoms with Crippen molar-refractivity contribution in [2.75, 3.05) is 19.6 Å². The summed E-state index contributed by atoms with van der Waals surface area (Å²) in [6, 6.07) is 0. The van der Waals surface area contributed by atoms with E-state index in [9.17, 15) is 9.90 Å². The molecule has 0 unspecified atom stereocenters. The Balaban J connectivity index is 2.70. The summed E-state index contributed by atoms with van der Waals surface area (Å²) in [5.74, 6) is -0.565. The van der Waals surface area contributed by atoms with Crippen LogP contribution in [0.4, 0.5) is 0 Å². The average Bonchev–Trinajstić information content (AvgIpc) is 2.42. The molecule has 1 aliphatic rings. The molecule has 114 valence electrons. The third-order valence-electron chi connectivity index (χ3n) is 4.17. The Bertz CT molecular complexity index is 353. The number of carboxylic acid groups (broad SMARTS) is 1. The van der Waals surface area contributed by atoms with Crippen molar-refractivity contribution in [3.05, 3.63) is 11.1 Å². The zero-order valence-electron chi connectivity index (χ0n) is 12.5. The highest BCUT2D eigenvalue weighted by molar-refractivity contribution is 6.40. The highest BCUT2D eigenvalue weighted by atomic mass is 16.4. The van der Waals surface area contributed by atoms with Gasteiger partial charge in [-0.25, -0.2) is 4.79 Å². The summed E-state index contributed by atoms with van der Waals surface area (Å²) < 4.78 is 0. The van der Waals surface area contributed by atoms with Gasteiger partial charge in [0.25, 0.3) is 0 Å². The molecule has 0 aliphatic heterocycles. The maximum Gasteiger partial charge on any atom is 0.451 e. The fraction of sp³-hybridized carbons (Fsp3) is 0.786. The molecule has 20 heavy (non-hydrogen) atoms. The van der Waals surface area contributed by atoms with Crippen LogP contribution in [0.1, 0.15) is 39.5 Å². The van der Waals surface area contributed by atoms with E-state index in [1.54, 1.807) is 0 Å². The van der Waals surface area contributed by atoms with E-state index in [0.29, 0.717) is 24.7 Å². The maximum absolute atomic E-state index is 11.4. The van der Waals surface area contributed by atoms with Crippen molar-refractivity contribution < 1.29 is 19.9 Å². The summed E-state index contributed by atoms with van der Waals surface area (Å²) in [5.41, 5.74) is 1.59. The van der Waals surface area contributed by atoms with Crippen LogP contribution in [0.3, 0.4) is 0 Å². The van der Waals surface area contributed by atoms with Crippen LogP contribution in [0.15, 0.2) is 11.1 Å². The van der Waals surface area contributed by atoms with Gasteiger partial charge in [0, 0.05) is 12.1 Å². The highest BCUT2D eigenvalue weighted by Crippen LogP contribution is 2.33. The number of likely N-dealkylation sites (N-methyl/N-ethyl adjacent to an activating group) is 1. The molecule has 1 atom stereocenters. The molecule has 0 aromatic heterocycles. The maximum atomic E-state index is 11.4. The van der Waals surface area contributed by atoms with Gasteiger partial charge in [-0.05, 0) is 50.2 Å². The second-order valence-electron chi connectivity index (χ2n) is 5.52. The Labute approximate surface area is 121 Å². The van der Waals surface area contributed by atoms with Crippen molar-refractivity contribution in [2.24, 2.45) is 5.92 Å². The Morgan fingerprint density at radius 1 is 1.35 bits per heavy atom. The molecular formula is C14H26BNO4. The van der Waals surface area contributed by atoms with E-state index in [-0.39, 0.29) is 5.92 Å². The molecule has 0 radical (unpaired) electrons. The van der Waals surface area contributed by atoms with Crippen LogP contribution in [0.5, 0.6) is 0 Å². The third-order valence-corrected chi connectivity index (χ3v) is 4.17. The summed E-state index contributed by atoms with van der Waals surface area (Å²) in [4.78, 5) is 13.7. The lowest BCUT2D eigenvalue weighted by molar-refractivity contribution is -0.133. The number of carboxylic acids is 1. The normalized spacial score (nSPS) is 19.6. The molecule has 0 bridgehead atoms. The first-order chi connectivity index (χ1) is 9.47. The quantitative estimate of drug-likeness (QED) is 0.586. The van der Waals surface area contributed by atoms with Gasteiger partial charge in [-0.15, -0.1) is 0 Å². The first kappa shape index (κ1) is 17.2. The van der Waals surface area contributed by atoms with Crippen molar-refractivity contribution in [2.45, 2.75) is 45.9 Å². The molecule has 0 saturated carbocycles. The number of nitrogens with zero attached hydrogens (tertiary/aromatic N) is 1. The van der Waals surface area contributed by atoms with E-state index in [0.717, 1.165) is 38.0 Å². The second kappa shape index (κ2) is 8.44. The number of aliphatic carboxylic acids is 1. The molecule has 0 saturated heterocycles. The van der Waals surface area contributed by atoms with Crippen LogP contribution < -0.4 is 0 Å². The van der Waals surface area contributed by atoms with Gasteiger partial charge in [0.15, 0.2) is 0 Å². The summed E-state index contributed by atoms with van der Waals surface area (Å²) in [7, 11) is -1.29. The lowest BCUT2D eigenvalue weighted by Gasteiger charge is -2.28. The standard InChI is InChI=1S/C14H26BNO4/c1-3-16(4-2)10-12-6-5-11(7-8-15(19)20)9-13(12)14(17)18/h11,19-20H,3-10H2,1-2H3,(H,17,18)/t11-/m0/s1. The minimum absolute atomic E-state index is 0.253. The SMILES string of the molecule is CCN(CC)CC1=C(C(=O)O)C[C@H](CCB(O)O)CC1. The summed E-state index contributed by atoms with van der Waals surface area (Å²) in [6.45, 7) is 6.75. The van der Waals surface area contributed by atoms with Gasteiger partial charge in [0.2, 0.25) is 0 Å². The van der Waals surface area contributed by atoms with Crippen molar-refractivity contribution in [3.8, 4) is 0 Å². The zero-order valence-corrected chi connectivity index (χ0v) is 12.5. The van der Waals surface area contributed by atoms with Crippen LogP contribution in [0.25, 0.3) is 0 Å². The molecular weight excluding hydrogens is 257 g/mol. The molecule has 6 heteroatoms. The first-order valence-corrected chi connectivity index (χ1v) is 7.50. The van der Waals surface area contributed by atoms with Crippen molar-refractivity contribution in [1.82, 2.24) is 4.90 Å². The summed E-state index contributed by atoms with van der Waals surface area (Å²) >= 11 is 0. The number of rotatable bonds is 8. The van der Waals surface area contributed by atoms with E-state index >= 15 is 0 Å². The number of carbonyl (C=O) groups is 1. The van der Waals surface area contributed by atoms with Gasteiger partial charge in [-0.2, -0.15) is 0 Å². The fourth-order valence-corrected chi connectivity index (χ4v) is 2.83. The van der Waals surface area contributed by atoms with Gasteiger partial charge in [0.05, 0.1) is 0 Å². The molecule has 1 rings (SSSR count). The van der Waals surface area contributed by atoms with Gasteiger partial charge >= 0.3 is 13.1 Å². The molecule has 0 amide bonds. The molecule has 0 aromatic rings. The van der Waals surface area contributed by atoms with Gasteiger partial charge in [-0.3, -0.25) is 4.90 Å². The minimum atomic E-state index is -1.29. The van der Waals surface area contributed by atoms with E-state index < -0.39 is 13.1 Å². The summed E-state index contributed by atoms with van der Waals surface area (Å²) in [6.07, 6.45) is 3.30. The van der Waals surface area contributed by atoms with Crippen LogP contribution in [0, 0.1) is 5.92 Å². The fourth-order valence-electron chi connectivity index (χ4n) is 2.83. The Kier molecular flexibility index (Phi) is 7.26. The molecule has 1 aliphatic carbocycles. The average molecular weight is 283 g/mol. The molecule has 3 N–H and O–H groups in total. The first-order valence-electron chi connectivity index (χ1n) is 7.50. The van der Waals surface area contributed by atoms with Crippen LogP contribution >= 0.6 is 0 Å². The van der Waals surface area contributed by atoms with E-state index in [4.69, 9.17) is 10.0 Å². The zero-order chi connectivity index (χ0) is 15.1. The number of hydrogen-bond donors (Lipinski definition) is 3. The molecule has 0 spiro atoms. The molecule has 0 fully saturated rings. The predicted octanol–water partition coefficient (Wildman–Crippen LogP) is 1.37. The molecule has 0 heterocycles. The van der Waals surface area contributed by atoms with Crippen LogP contribution in [-0.2, 0) is 4.79 Å². The third kappa shape index (κ3) is 5.27. The summed E-state index contributed by atoms with van der Waals surface area (Å²) in [5, 5.41) is 27.2. The Hall–Kier alpha value is -0.845. The highest BCUT2D eigenvalue weighted by Gasteiger charge is 2.26. The smallest absolute Gasteiger partial charge is 0.451 e. The second-order valence-corrected chi connectivity index (χ2v) is 5.52. The predicted molar refractivity (Wildman–Crippen MR) is 79.4 cm³/mol. The van der Waals surface area contributed by atoms with Crippen LogP contribution in [0.2, 0.25) is 6.32 Å². The van der Waals surface area contributed by atoms with Crippen LogP contribution in [-0.4, -0.2) is 52.8 Å². The molecule has 5 nitrogen and oxygen atoms in total. The molecule has 0 aromatic carbocycles. The lowest BCUT2D eigenvalue weighted by Crippen LogP contribution is -2.29. The monoisotopic (exact) mass is 283 g/mol. The van der Waals surface area contributed by atoms with Gasteiger partial charge in [-0.1, -0.05) is 20.3 Å². The Morgan fingerprint density at radius 3 is 2.50 bits per heavy atom. The Morgan fingerprint density at radius 2 is 2.00 bits per heavy atom. The van der Waals surface area contributed by atoms with Crippen molar-refractivity contribution >= 4 is 13.1 Å². The van der Waals surface area contributed by atoms with E-state index in [1.807, 2.05) is 0 Å². The number of hydrogen-bond acceptors (Lipinski definition) is 4. The largest absolute Gasteiger partial charge is 0.478 e. The van der Waals surface area contributed by atoms with Gasteiger partial charge < -0.3 is 15.2 Å². The topological polar surface area (TPSA) is 81.0 Å². The lowest BCUT2D eigenvalue weighted by atomic mass is 9.75. The van der Waals surface area contributed by atoms with Crippen molar-refractivity contribution in [3.63, 3.8) is 0 Å². The minimum Gasteiger partial charge on any atom is -0.478 e. The van der Waals surface area contributed by atoms with Crippen molar-refractivity contribution in [1.29, 1.82) is 0 Å². The van der Waals surface area contributed by atoms with E-state index in [2.05, 4.69) is 18.7 Å².